The summed E-state index contributed by atoms with van der Waals surface area (Å²) in [6.45, 7) is 14.3. The van der Waals surface area contributed by atoms with E-state index >= 15 is 0 Å². The zero-order valence-corrected chi connectivity index (χ0v) is 10.6. The highest BCUT2D eigenvalue weighted by Crippen LogP contribution is 2.61. The Morgan fingerprint density at radius 2 is 1.00 bits per heavy atom. The van der Waals surface area contributed by atoms with Gasteiger partial charge in [0, 0.05) is 0 Å². The third-order valence-electron chi connectivity index (χ3n) is 3.86. The van der Waals surface area contributed by atoms with Crippen molar-refractivity contribution >= 4 is 0 Å². The Bertz CT molecular complexity index is 246. The summed E-state index contributed by atoms with van der Waals surface area (Å²) in [7, 11) is 0. The molecule has 0 spiro atoms. The predicted molar refractivity (Wildman–Crippen MR) is 62.2 cm³/mol. The normalized spacial score (nSPS) is 32.1. The van der Waals surface area contributed by atoms with Crippen molar-refractivity contribution < 1.29 is 0 Å². The molecular formula is C14H24. The van der Waals surface area contributed by atoms with Gasteiger partial charge in [0.15, 0.2) is 0 Å². The van der Waals surface area contributed by atoms with Gasteiger partial charge in [0.25, 0.3) is 0 Å². The maximum atomic E-state index is 2.38. The van der Waals surface area contributed by atoms with Crippen LogP contribution in [0.1, 0.15) is 54.4 Å². The number of hydrogen-bond donors (Lipinski definition) is 0. The first-order valence-electron chi connectivity index (χ1n) is 5.96. The van der Waals surface area contributed by atoms with Gasteiger partial charge in [-0.25, -0.2) is 0 Å². The molecule has 3 aliphatic carbocycles. The molecule has 0 saturated heterocycles. The summed E-state index contributed by atoms with van der Waals surface area (Å²) >= 11 is 0. The van der Waals surface area contributed by atoms with E-state index in [2.05, 4.69) is 41.5 Å². The fourth-order valence-electron chi connectivity index (χ4n) is 3.56. The van der Waals surface area contributed by atoms with Crippen molar-refractivity contribution in [1.82, 2.24) is 0 Å². The number of rotatable bonds is 0. The van der Waals surface area contributed by atoms with E-state index in [-0.39, 0.29) is 0 Å². The minimum absolute atomic E-state index is 0.401. The molecule has 0 heteroatoms. The lowest BCUT2D eigenvalue weighted by molar-refractivity contribution is 0.274. The van der Waals surface area contributed by atoms with Crippen LogP contribution < -0.4 is 0 Å². The Balaban J connectivity index is 2.44. The van der Waals surface area contributed by atoms with Crippen molar-refractivity contribution in [1.29, 1.82) is 0 Å². The first-order chi connectivity index (χ1) is 6.21. The first kappa shape index (κ1) is 10.3. The Morgan fingerprint density at radius 1 is 0.714 bits per heavy atom. The molecule has 80 valence electrons. The van der Waals surface area contributed by atoms with Crippen molar-refractivity contribution in [3.05, 3.63) is 11.1 Å². The topological polar surface area (TPSA) is 0 Å². The second kappa shape index (κ2) is 2.65. The van der Waals surface area contributed by atoms with E-state index in [1.165, 1.54) is 12.8 Å². The quantitative estimate of drug-likeness (QED) is 0.499. The van der Waals surface area contributed by atoms with E-state index < -0.39 is 0 Å². The molecule has 0 atom stereocenters. The average molecular weight is 192 g/mol. The van der Waals surface area contributed by atoms with Crippen molar-refractivity contribution in [2.75, 3.05) is 0 Å². The summed E-state index contributed by atoms with van der Waals surface area (Å²) < 4.78 is 0. The lowest BCUT2D eigenvalue weighted by Gasteiger charge is -2.31. The molecule has 0 heterocycles. The molecule has 0 nitrogen and oxygen atoms in total. The molecule has 2 bridgehead atoms. The molecule has 1 saturated carbocycles. The van der Waals surface area contributed by atoms with Crippen molar-refractivity contribution in [2.24, 2.45) is 22.7 Å². The molecule has 1 fully saturated rings. The lowest BCUT2D eigenvalue weighted by Crippen LogP contribution is -2.20. The second-order valence-electron chi connectivity index (χ2n) is 7.19. The average Bonchev–Trinajstić information content (AvgIpc) is 2.29. The van der Waals surface area contributed by atoms with Gasteiger partial charge in [0.1, 0.15) is 0 Å². The van der Waals surface area contributed by atoms with Crippen LogP contribution >= 0.6 is 0 Å². The van der Waals surface area contributed by atoms with Gasteiger partial charge >= 0.3 is 0 Å². The van der Waals surface area contributed by atoms with Crippen LogP contribution in [0.4, 0.5) is 0 Å². The summed E-state index contributed by atoms with van der Waals surface area (Å²) in [4.78, 5) is 0. The van der Waals surface area contributed by atoms with Gasteiger partial charge in [-0.15, -0.1) is 0 Å². The summed E-state index contributed by atoms with van der Waals surface area (Å²) in [5, 5.41) is 0. The minimum atomic E-state index is 0.401. The van der Waals surface area contributed by atoms with Crippen LogP contribution in [-0.4, -0.2) is 0 Å². The Kier molecular flexibility index (Phi) is 1.94. The molecule has 0 amide bonds. The molecule has 0 unspecified atom stereocenters. The summed E-state index contributed by atoms with van der Waals surface area (Å²) in [5.41, 5.74) is 4.40. The highest BCUT2D eigenvalue weighted by Gasteiger charge is 2.49. The zero-order chi connectivity index (χ0) is 10.7. The predicted octanol–water partition coefficient (Wildman–Crippen LogP) is 4.42. The second-order valence-corrected chi connectivity index (χ2v) is 7.19. The van der Waals surface area contributed by atoms with Crippen LogP contribution in [0.2, 0.25) is 0 Å². The fraction of sp³-hybridized carbons (Fsp3) is 0.857. The molecule has 0 aliphatic heterocycles. The van der Waals surface area contributed by atoms with Crippen molar-refractivity contribution in [3.63, 3.8) is 0 Å². The van der Waals surface area contributed by atoms with Gasteiger partial charge in [0.05, 0.1) is 0 Å². The third-order valence-corrected chi connectivity index (χ3v) is 3.86. The van der Waals surface area contributed by atoms with Gasteiger partial charge in [-0.3, -0.25) is 0 Å². The van der Waals surface area contributed by atoms with Crippen molar-refractivity contribution in [2.45, 2.75) is 54.4 Å². The lowest BCUT2D eigenvalue weighted by atomic mass is 9.74. The van der Waals surface area contributed by atoms with E-state index in [0.717, 1.165) is 11.8 Å². The Hall–Kier alpha value is -0.260. The highest BCUT2D eigenvalue weighted by atomic mass is 14.5. The molecule has 0 radical (unpaired) electrons. The van der Waals surface area contributed by atoms with Crippen LogP contribution in [-0.2, 0) is 0 Å². The molecule has 0 aromatic carbocycles. The van der Waals surface area contributed by atoms with E-state index in [9.17, 15) is 0 Å². The third kappa shape index (κ3) is 1.34. The van der Waals surface area contributed by atoms with E-state index in [0.29, 0.717) is 10.8 Å². The van der Waals surface area contributed by atoms with Crippen LogP contribution in [0, 0.1) is 22.7 Å². The van der Waals surface area contributed by atoms with E-state index in [4.69, 9.17) is 0 Å². The van der Waals surface area contributed by atoms with Crippen molar-refractivity contribution in [3.8, 4) is 0 Å². The SMILES string of the molecule is CC(C)(C)C1=C(C(C)(C)C)C2CC1C2. The van der Waals surface area contributed by atoms with E-state index in [1.807, 2.05) is 0 Å². The van der Waals surface area contributed by atoms with Crippen LogP contribution in [0.5, 0.6) is 0 Å². The molecule has 0 aromatic rings. The highest BCUT2D eigenvalue weighted by molar-refractivity contribution is 5.39. The smallest absolute Gasteiger partial charge is 0.0167 e. The van der Waals surface area contributed by atoms with Crippen LogP contribution in [0.25, 0.3) is 0 Å². The Labute approximate surface area is 88.8 Å². The molecular weight excluding hydrogens is 168 g/mol. The largest absolute Gasteiger partial charge is 0.0617 e. The molecule has 0 aromatic heterocycles. The summed E-state index contributed by atoms with van der Waals surface area (Å²) in [6, 6.07) is 0. The van der Waals surface area contributed by atoms with Crippen LogP contribution in [0.15, 0.2) is 11.1 Å². The van der Waals surface area contributed by atoms with Gasteiger partial charge in [0.2, 0.25) is 0 Å². The Morgan fingerprint density at radius 3 is 1.21 bits per heavy atom. The van der Waals surface area contributed by atoms with Gasteiger partial charge in [-0.05, 0) is 35.5 Å². The van der Waals surface area contributed by atoms with Gasteiger partial charge in [-0.1, -0.05) is 52.7 Å². The van der Waals surface area contributed by atoms with E-state index in [1.54, 1.807) is 11.1 Å². The number of allylic oxidation sites excluding steroid dienone is 2. The minimum Gasteiger partial charge on any atom is -0.0617 e. The first-order valence-corrected chi connectivity index (χ1v) is 5.96. The molecule has 14 heavy (non-hydrogen) atoms. The van der Waals surface area contributed by atoms with Gasteiger partial charge < -0.3 is 0 Å². The zero-order valence-electron chi connectivity index (χ0n) is 10.6. The maximum Gasteiger partial charge on any atom is -0.0167 e. The fourth-order valence-corrected chi connectivity index (χ4v) is 3.56. The van der Waals surface area contributed by atoms with Crippen LogP contribution in [0.3, 0.4) is 0 Å². The monoisotopic (exact) mass is 192 g/mol. The summed E-state index contributed by atoms with van der Waals surface area (Å²) in [5.74, 6) is 1.88. The molecule has 3 aliphatic rings. The maximum absolute atomic E-state index is 2.38. The summed E-state index contributed by atoms with van der Waals surface area (Å²) in [6.07, 6.45) is 2.92. The standard InChI is InChI=1S/C14H24/c1-13(2,3)11-9-7-10(8-9)12(11)14(4,5)6/h9-10H,7-8H2,1-6H3. The molecule has 0 N–H and O–H groups in total. The van der Waals surface area contributed by atoms with Gasteiger partial charge in [-0.2, -0.15) is 0 Å². The molecule has 3 rings (SSSR count). The number of hydrogen-bond acceptors (Lipinski definition) is 0.